The third kappa shape index (κ3) is 3.80. The van der Waals surface area contributed by atoms with Crippen molar-refractivity contribution in [3.63, 3.8) is 0 Å². The van der Waals surface area contributed by atoms with Crippen LogP contribution in [0.1, 0.15) is 24.5 Å². The molecule has 0 aliphatic carbocycles. The fourth-order valence-electron chi connectivity index (χ4n) is 2.24. The van der Waals surface area contributed by atoms with Gasteiger partial charge in [0.2, 0.25) is 0 Å². The Bertz CT molecular complexity index is 408. The lowest BCUT2D eigenvalue weighted by atomic mass is 9.92. The first-order valence-corrected chi connectivity index (χ1v) is 6.56. The molecule has 1 atom stereocenters. The van der Waals surface area contributed by atoms with Gasteiger partial charge in [0.15, 0.2) is 6.29 Å². The van der Waals surface area contributed by atoms with Gasteiger partial charge in [-0.1, -0.05) is 25.6 Å². The predicted molar refractivity (Wildman–Crippen MR) is 80.1 cm³/mol. The summed E-state index contributed by atoms with van der Waals surface area (Å²) in [5.41, 5.74) is 4.20. The SMILES string of the molecule is C=C(CC(NC)C(O)O)c1c(CC)cccc1NC. The fraction of sp³-hybridized carbons (Fsp3) is 0.467. The van der Waals surface area contributed by atoms with Crippen molar-refractivity contribution < 1.29 is 10.2 Å². The first kappa shape index (κ1) is 15.7. The molecular formula is C15H24N2O2. The number of aliphatic hydroxyl groups excluding tert-OH is 1. The first-order chi connectivity index (χ1) is 9.04. The Hall–Kier alpha value is -1.36. The molecule has 1 unspecified atom stereocenters. The second kappa shape index (κ2) is 7.28. The lowest BCUT2D eigenvalue weighted by Gasteiger charge is -2.22. The standard InChI is InChI=1S/C15H24N2O2/c1-5-11-7-6-8-12(16-3)14(11)10(2)9-13(17-4)15(18)19/h6-8,13,15-19H,2,5,9H2,1,3-4H3. The average Bonchev–Trinajstić information content (AvgIpc) is 2.42. The van der Waals surface area contributed by atoms with Gasteiger partial charge in [0, 0.05) is 18.3 Å². The second-order valence-electron chi connectivity index (χ2n) is 4.56. The van der Waals surface area contributed by atoms with Gasteiger partial charge in [-0.3, -0.25) is 0 Å². The van der Waals surface area contributed by atoms with Crippen LogP contribution in [0.4, 0.5) is 5.69 Å². The van der Waals surface area contributed by atoms with E-state index >= 15 is 0 Å². The van der Waals surface area contributed by atoms with Crippen LogP contribution < -0.4 is 10.6 Å². The summed E-state index contributed by atoms with van der Waals surface area (Å²) in [6.45, 7) is 6.21. The molecular weight excluding hydrogens is 240 g/mol. The van der Waals surface area contributed by atoms with Crippen LogP contribution in [0.15, 0.2) is 24.8 Å². The van der Waals surface area contributed by atoms with Crippen LogP contribution in [0.5, 0.6) is 0 Å². The van der Waals surface area contributed by atoms with E-state index in [0.717, 1.165) is 23.2 Å². The van der Waals surface area contributed by atoms with E-state index in [-0.39, 0.29) is 0 Å². The van der Waals surface area contributed by atoms with Crippen LogP contribution >= 0.6 is 0 Å². The second-order valence-corrected chi connectivity index (χ2v) is 4.56. The zero-order valence-corrected chi connectivity index (χ0v) is 11.9. The number of hydrogen-bond acceptors (Lipinski definition) is 4. The van der Waals surface area contributed by atoms with Crippen molar-refractivity contribution in [2.75, 3.05) is 19.4 Å². The first-order valence-electron chi connectivity index (χ1n) is 6.56. The molecule has 4 heteroatoms. The van der Waals surface area contributed by atoms with Crippen LogP contribution in [0.25, 0.3) is 5.57 Å². The molecule has 4 nitrogen and oxygen atoms in total. The summed E-state index contributed by atoms with van der Waals surface area (Å²) in [5.74, 6) is 0. The van der Waals surface area contributed by atoms with Crippen LogP contribution in [0, 0.1) is 0 Å². The number of anilines is 1. The van der Waals surface area contributed by atoms with Gasteiger partial charge in [-0.05, 0) is 37.1 Å². The van der Waals surface area contributed by atoms with E-state index in [1.807, 2.05) is 19.2 Å². The van der Waals surface area contributed by atoms with E-state index < -0.39 is 12.3 Å². The van der Waals surface area contributed by atoms with Gasteiger partial charge in [-0.15, -0.1) is 0 Å². The molecule has 0 amide bonds. The van der Waals surface area contributed by atoms with Crippen molar-refractivity contribution in [2.45, 2.75) is 32.1 Å². The van der Waals surface area contributed by atoms with E-state index in [1.165, 1.54) is 5.56 Å². The minimum Gasteiger partial charge on any atom is -0.388 e. The zero-order valence-electron chi connectivity index (χ0n) is 11.9. The molecule has 106 valence electrons. The number of likely N-dealkylation sites (N-methyl/N-ethyl adjacent to an activating group) is 1. The summed E-state index contributed by atoms with van der Waals surface area (Å²) in [6, 6.07) is 5.68. The molecule has 1 rings (SSSR count). The summed E-state index contributed by atoms with van der Waals surface area (Å²) in [6.07, 6.45) is 0.00361. The molecule has 1 aromatic rings. The molecule has 0 aliphatic rings. The predicted octanol–water partition coefficient (Wildman–Crippen LogP) is 1.59. The Morgan fingerprint density at radius 3 is 2.47 bits per heavy atom. The van der Waals surface area contributed by atoms with Crippen molar-refractivity contribution in [1.82, 2.24) is 5.32 Å². The maximum absolute atomic E-state index is 9.30. The monoisotopic (exact) mass is 264 g/mol. The molecule has 0 heterocycles. The van der Waals surface area contributed by atoms with Crippen LogP contribution in [-0.2, 0) is 6.42 Å². The van der Waals surface area contributed by atoms with E-state index in [1.54, 1.807) is 7.05 Å². The Balaban J connectivity index is 3.04. The van der Waals surface area contributed by atoms with Gasteiger partial charge >= 0.3 is 0 Å². The van der Waals surface area contributed by atoms with E-state index in [2.05, 4.69) is 30.2 Å². The maximum atomic E-state index is 9.30. The number of nitrogens with one attached hydrogen (secondary N) is 2. The van der Waals surface area contributed by atoms with Gasteiger partial charge in [0.1, 0.15) is 0 Å². The van der Waals surface area contributed by atoms with E-state index in [4.69, 9.17) is 0 Å². The van der Waals surface area contributed by atoms with Crippen molar-refractivity contribution in [3.8, 4) is 0 Å². The number of aliphatic hydroxyl groups is 2. The van der Waals surface area contributed by atoms with Crippen LogP contribution in [-0.4, -0.2) is 36.6 Å². The number of rotatable bonds is 7. The lowest BCUT2D eigenvalue weighted by molar-refractivity contribution is -0.0639. The molecule has 0 radical (unpaired) electrons. The molecule has 4 N–H and O–H groups in total. The Labute approximate surface area is 115 Å². The highest BCUT2D eigenvalue weighted by atomic mass is 16.5. The zero-order chi connectivity index (χ0) is 14.4. The highest BCUT2D eigenvalue weighted by molar-refractivity contribution is 5.77. The smallest absolute Gasteiger partial charge is 0.167 e. The summed E-state index contributed by atoms with van der Waals surface area (Å²) in [4.78, 5) is 0. The largest absolute Gasteiger partial charge is 0.388 e. The average molecular weight is 264 g/mol. The highest BCUT2D eigenvalue weighted by Crippen LogP contribution is 2.30. The molecule has 0 saturated heterocycles. The summed E-state index contributed by atoms with van der Waals surface area (Å²) in [7, 11) is 3.59. The topological polar surface area (TPSA) is 64.5 Å². The molecule has 0 saturated carbocycles. The van der Waals surface area contributed by atoms with Gasteiger partial charge in [0.25, 0.3) is 0 Å². The molecule has 0 aliphatic heterocycles. The van der Waals surface area contributed by atoms with E-state index in [9.17, 15) is 10.2 Å². The number of aryl methyl sites for hydroxylation is 1. The van der Waals surface area contributed by atoms with Crippen LogP contribution in [0.3, 0.4) is 0 Å². The summed E-state index contributed by atoms with van der Waals surface area (Å²) >= 11 is 0. The molecule has 19 heavy (non-hydrogen) atoms. The van der Waals surface area contributed by atoms with Crippen molar-refractivity contribution in [2.24, 2.45) is 0 Å². The number of hydrogen-bond donors (Lipinski definition) is 4. The third-order valence-corrected chi connectivity index (χ3v) is 3.35. The Kier molecular flexibility index (Phi) is 6.02. The number of benzene rings is 1. The molecule has 0 aromatic heterocycles. The Morgan fingerprint density at radius 2 is 2.00 bits per heavy atom. The summed E-state index contributed by atoms with van der Waals surface area (Å²) < 4.78 is 0. The van der Waals surface area contributed by atoms with Gasteiger partial charge < -0.3 is 20.8 Å². The van der Waals surface area contributed by atoms with Crippen LogP contribution in [0.2, 0.25) is 0 Å². The maximum Gasteiger partial charge on any atom is 0.167 e. The Morgan fingerprint density at radius 1 is 1.32 bits per heavy atom. The summed E-state index contributed by atoms with van der Waals surface area (Å²) in [5, 5.41) is 24.7. The highest BCUT2D eigenvalue weighted by Gasteiger charge is 2.18. The van der Waals surface area contributed by atoms with Crippen molar-refractivity contribution in [3.05, 3.63) is 35.9 Å². The van der Waals surface area contributed by atoms with Gasteiger partial charge in [-0.2, -0.15) is 0 Å². The lowest BCUT2D eigenvalue weighted by Crippen LogP contribution is -2.37. The fourth-order valence-corrected chi connectivity index (χ4v) is 2.24. The molecule has 0 bridgehead atoms. The quantitative estimate of drug-likeness (QED) is 0.565. The van der Waals surface area contributed by atoms with Crippen molar-refractivity contribution in [1.29, 1.82) is 0 Å². The van der Waals surface area contributed by atoms with Crippen molar-refractivity contribution >= 4 is 11.3 Å². The van der Waals surface area contributed by atoms with Gasteiger partial charge in [0.05, 0.1) is 6.04 Å². The normalized spacial score (nSPS) is 12.5. The third-order valence-electron chi connectivity index (χ3n) is 3.35. The minimum absolute atomic E-state index is 0.415. The molecule has 0 fully saturated rings. The van der Waals surface area contributed by atoms with Gasteiger partial charge in [-0.25, -0.2) is 0 Å². The molecule has 1 aromatic carbocycles. The van der Waals surface area contributed by atoms with E-state index in [0.29, 0.717) is 6.42 Å². The minimum atomic E-state index is -1.39. The molecule has 0 spiro atoms.